The summed E-state index contributed by atoms with van der Waals surface area (Å²) in [7, 11) is 0. The summed E-state index contributed by atoms with van der Waals surface area (Å²) in [6.07, 6.45) is 2.73. The third-order valence-electron chi connectivity index (χ3n) is 4.57. The van der Waals surface area contributed by atoms with Gasteiger partial charge in [0.05, 0.1) is 5.02 Å². The second-order valence-electron chi connectivity index (χ2n) is 5.99. The zero-order valence-corrected chi connectivity index (χ0v) is 13.2. The van der Waals surface area contributed by atoms with Gasteiger partial charge in [-0.05, 0) is 67.5 Å². The third kappa shape index (κ3) is 2.75. The van der Waals surface area contributed by atoms with Crippen LogP contribution in [0.5, 0.6) is 0 Å². The molecule has 2 heteroatoms. The lowest BCUT2D eigenvalue weighted by molar-refractivity contribution is 0.0909. The van der Waals surface area contributed by atoms with Gasteiger partial charge in [-0.15, -0.1) is 0 Å². The number of carbonyl (C=O) groups is 1. The van der Waals surface area contributed by atoms with E-state index >= 15 is 0 Å². The minimum absolute atomic E-state index is 0.0551. The summed E-state index contributed by atoms with van der Waals surface area (Å²) < 4.78 is 0. The quantitative estimate of drug-likeness (QED) is 0.717. The first kappa shape index (κ1) is 14.3. The molecule has 0 aromatic heterocycles. The van der Waals surface area contributed by atoms with E-state index in [1.54, 1.807) is 0 Å². The largest absolute Gasteiger partial charge is 0.294 e. The van der Waals surface area contributed by atoms with E-state index in [9.17, 15) is 4.79 Å². The number of benzene rings is 2. The molecule has 0 radical (unpaired) electrons. The van der Waals surface area contributed by atoms with Crippen LogP contribution in [0.15, 0.2) is 36.4 Å². The zero-order chi connectivity index (χ0) is 15.0. The van der Waals surface area contributed by atoms with Crippen LogP contribution in [0.4, 0.5) is 0 Å². The molecule has 21 heavy (non-hydrogen) atoms. The molecule has 0 saturated carbocycles. The lowest BCUT2D eigenvalue weighted by atomic mass is 9.80. The average molecular weight is 299 g/mol. The fourth-order valence-electron chi connectivity index (χ4n) is 3.11. The van der Waals surface area contributed by atoms with Gasteiger partial charge in [0.25, 0.3) is 0 Å². The van der Waals surface area contributed by atoms with Gasteiger partial charge >= 0.3 is 0 Å². The molecule has 1 nitrogen and oxygen atoms in total. The van der Waals surface area contributed by atoms with Crippen LogP contribution >= 0.6 is 11.6 Å². The second kappa shape index (κ2) is 5.65. The Morgan fingerprint density at radius 2 is 1.76 bits per heavy atom. The van der Waals surface area contributed by atoms with Gasteiger partial charge in [0.2, 0.25) is 0 Å². The lowest BCUT2D eigenvalue weighted by Crippen LogP contribution is -2.23. The first-order valence-electron chi connectivity index (χ1n) is 7.44. The maximum atomic E-state index is 12.8. The SMILES string of the molecule is Cc1cc(Cl)c(C(=O)C2CCc3ccccc3C2)cc1C. The van der Waals surface area contributed by atoms with E-state index in [1.807, 2.05) is 26.0 Å². The molecular formula is C19H19ClO. The van der Waals surface area contributed by atoms with E-state index in [1.165, 1.54) is 11.1 Å². The number of Topliss-reactive ketones (excluding diaryl/α,β-unsaturated/α-hetero) is 1. The van der Waals surface area contributed by atoms with Crippen molar-refractivity contribution in [3.63, 3.8) is 0 Å². The number of halogens is 1. The third-order valence-corrected chi connectivity index (χ3v) is 4.88. The summed E-state index contributed by atoms with van der Waals surface area (Å²) in [5.74, 6) is 0.247. The zero-order valence-electron chi connectivity index (χ0n) is 12.4. The molecule has 0 fully saturated rings. The molecule has 0 aliphatic heterocycles. The molecule has 2 aromatic carbocycles. The number of carbonyl (C=O) groups excluding carboxylic acids is 1. The Hall–Kier alpha value is -1.60. The van der Waals surface area contributed by atoms with E-state index < -0.39 is 0 Å². The first-order chi connectivity index (χ1) is 10.1. The summed E-state index contributed by atoms with van der Waals surface area (Å²) in [5.41, 5.74) is 5.63. The maximum Gasteiger partial charge on any atom is 0.167 e. The van der Waals surface area contributed by atoms with Crippen molar-refractivity contribution in [2.75, 3.05) is 0 Å². The maximum absolute atomic E-state index is 12.8. The van der Waals surface area contributed by atoms with Crippen LogP contribution in [0.25, 0.3) is 0 Å². The van der Waals surface area contributed by atoms with Crippen LogP contribution in [0.2, 0.25) is 5.02 Å². The summed E-state index contributed by atoms with van der Waals surface area (Å²) in [6, 6.07) is 12.3. The lowest BCUT2D eigenvalue weighted by Gasteiger charge is -2.24. The van der Waals surface area contributed by atoms with Crippen molar-refractivity contribution >= 4 is 17.4 Å². The summed E-state index contributed by atoms with van der Waals surface area (Å²) >= 11 is 6.29. The predicted octanol–water partition coefficient (Wildman–Crippen LogP) is 4.94. The van der Waals surface area contributed by atoms with E-state index in [2.05, 4.69) is 24.3 Å². The number of fused-ring (bicyclic) bond motifs is 1. The molecule has 2 aromatic rings. The molecule has 1 atom stereocenters. The molecule has 0 spiro atoms. The molecule has 1 aliphatic carbocycles. The molecule has 1 unspecified atom stereocenters. The Morgan fingerprint density at radius 3 is 2.52 bits per heavy atom. The van der Waals surface area contributed by atoms with Crippen molar-refractivity contribution in [3.05, 3.63) is 69.2 Å². The van der Waals surface area contributed by atoms with Crippen molar-refractivity contribution in [1.29, 1.82) is 0 Å². The van der Waals surface area contributed by atoms with Crippen LogP contribution < -0.4 is 0 Å². The standard InChI is InChI=1S/C19H19ClO/c1-12-9-17(18(20)10-13(12)2)19(21)16-8-7-14-5-3-4-6-15(14)11-16/h3-6,9-10,16H,7-8,11H2,1-2H3. The topological polar surface area (TPSA) is 17.1 Å². The smallest absolute Gasteiger partial charge is 0.167 e. The number of ketones is 1. The average Bonchev–Trinajstić information content (AvgIpc) is 2.50. The summed E-state index contributed by atoms with van der Waals surface area (Å²) in [6.45, 7) is 4.05. The van der Waals surface area contributed by atoms with Gasteiger partial charge in [-0.1, -0.05) is 35.9 Å². The van der Waals surface area contributed by atoms with Crippen LogP contribution in [-0.4, -0.2) is 5.78 Å². The van der Waals surface area contributed by atoms with Gasteiger partial charge < -0.3 is 0 Å². The van der Waals surface area contributed by atoms with E-state index in [-0.39, 0.29) is 11.7 Å². The van der Waals surface area contributed by atoms with E-state index in [4.69, 9.17) is 11.6 Å². The molecule has 3 rings (SSSR count). The van der Waals surface area contributed by atoms with Crippen LogP contribution in [0.3, 0.4) is 0 Å². The van der Waals surface area contributed by atoms with Gasteiger partial charge in [0.1, 0.15) is 0 Å². The Labute approximate surface area is 131 Å². The highest BCUT2D eigenvalue weighted by atomic mass is 35.5. The Morgan fingerprint density at radius 1 is 1.10 bits per heavy atom. The van der Waals surface area contributed by atoms with Gasteiger partial charge in [-0.25, -0.2) is 0 Å². The molecule has 0 amide bonds. The van der Waals surface area contributed by atoms with Gasteiger partial charge in [0, 0.05) is 11.5 Å². The monoisotopic (exact) mass is 298 g/mol. The Bertz CT molecular complexity index is 703. The number of rotatable bonds is 2. The number of hydrogen-bond donors (Lipinski definition) is 0. The van der Waals surface area contributed by atoms with Crippen LogP contribution in [0.1, 0.15) is 39.0 Å². The van der Waals surface area contributed by atoms with Crippen molar-refractivity contribution in [2.45, 2.75) is 33.1 Å². The normalized spacial score (nSPS) is 17.4. The van der Waals surface area contributed by atoms with E-state index in [0.29, 0.717) is 10.6 Å². The van der Waals surface area contributed by atoms with Crippen molar-refractivity contribution < 1.29 is 4.79 Å². The molecule has 1 aliphatic rings. The molecule has 0 heterocycles. The Balaban J connectivity index is 1.89. The van der Waals surface area contributed by atoms with Crippen LogP contribution in [-0.2, 0) is 12.8 Å². The number of aryl methyl sites for hydroxylation is 3. The van der Waals surface area contributed by atoms with Crippen molar-refractivity contribution in [1.82, 2.24) is 0 Å². The molecule has 0 bridgehead atoms. The summed E-state index contributed by atoms with van der Waals surface area (Å²) in [4.78, 5) is 12.8. The second-order valence-corrected chi connectivity index (χ2v) is 6.40. The highest BCUT2D eigenvalue weighted by molar-refractivity contribution is 6.34. The first-order valence-corrected chi connectivity index (χ1v) is 7.82. The fraction of sp³-hybridized carbons (Fsp3) is 0.316. The van der Waals surface area contributed by atoms with Crippen molar-refractivity contribution in [2.24, 2.45) is 5.92 Å². The van der Waals surface area contributed by atoms with Crippen molar-refractivity contribution in [3.8, 4) is 0 Å². The Kier molecular flexibility index (Phi) is 3.86. The molecular weight excluding hydrogens is 280 g/mol. The van der Waals surface area contributed by atoms with Crippen LogP contribution in [0, 0.1) is 19.8 Å². The van der Waals surface area contributed by atoms with Gasteiger partial charge in [-0.2, -0.15) is 0 Å². The fourth-order valence-corrected chi connectivity index (χ4v) is 3.42. The van der Waals surface area contributed by atoms with Gasteiger partial charge in [-0.3, -0.25) is 4.79 Å². The van der Waals surface area contributed by atoms with Gasteiger partial charge in [0.15, 0.2) is 5.78 Å². The van der Waals surface area contributed by atoms with E-state index in [0.717, 1.165) is 30.4 Å². The number of hydrogen-bond acceptors (Lipinski definition) is 1. The minimum atomic E-state index is 0.0551. The minimum Gasteiger partial charge on any atom is -0.294 e. The molecule has 108 valence electrons. The summed E-state index contributed by atoms with van der Waals surface area (Å²) in [5, 5.41) is 0.585. The highest BCUT2D eigenvalue weighted by Crippen LogP contribution is 2.30. The highest BCUT2D eigenvalue weighted by Gasteiger charge is 2.26. The predicted molar refractivity (Wildman–Crippen MR) is 87.2 cm³/mol. The molecule has 0 N–H and O–H groups in total. The molecule has 0 saturated heterocycles.